The van der Waals surface area contributed by atoms with Gasteiger partial charge in [0, 0.05) is 30.6 Å². The minimum Gasteiger partial charge on any atom is -0.461 e. The minimum absolute atomic E-state index is 0.0767. The van der Waals surface area contributed by atoms with Gasteiger partial charge in [0.05, 0.1) is 24.4 Å². The van der Waals surface area contributed by atoms with Crippen LogP contribution in [0.15, 0.2) is 72.8 Å². The Balaban J connectivity index is 1.37. The molecule has 11 nitrogen and oxygen atoms in total. The van der Waals surface area contributed by atoms with Crippen LogP contribution in [0.4, 0.5) is 10.5 Å². The summed E-state index contributed by atoms with van der Waals surface area (Å²) in [5, 5.41) is 7.69. The lowest BCUT2D eigenvalue weighted by atomic mass is 9.85. The zero-order chi connectivity index (χ0) is 36.2. The lowest BCUT2D eigenvalue weighted by molar-refractivity contribution is -0.147. The Bertz CT molecular complexity index is 1720. The molecule has 5 rings (SSSR count). The molecule has 4 amide bonds. The number of hydrogen-bond donors (Lipinski definition) is 2. The van der Waals surface area contributed by atoms with Gasteiger partial charge in [-0.25, -0.2) is 4.79 Å². The molecule has 0 bridgehead atoms. The first-order valence-electron chi connectivity index (χ1n) is 17.2. The maximum absolute atomic E-state index is 14.4. The smallest absolute Gasteiger partial charge is 0.408 e. The average Bonchev–Trinajstić information content (AvgIpc) is 3.65. The number of anilines is 1. The third kappa shape index (κ3) is 8.61. The molecule has 2 aliphatic heterocycles. The van der Waals surface area contributed by atoms with E-state index in [9.17, 15) is 24.0 Å². The van der Waals surface area contributed by atoms with E-state index in [-0.39, 0.29) is 50.3 Å². The van der Waals surface area contributed by atoms with Crippen LogP contribution in [0.25, 0.3) is 10.8 Å². The molecule has 0 aliphatic carbocycles. The van der Waals surface area contributed by atoms with Crippen LogP contribution in [0.5, 0.6) is 0 Å². The van der Waals surface area contributed by atoms with Crippen LogP contribution in [0.1, 0.15) is 66.4 Å². The van der Waals surface area contributed by atoms with Gasteiger partial charge in [-0.1, -0.05) is 87.5 Å². The number of fused-ring (bicyclic) bond motifs is 2. The zero-order valence-corrected chi connectivity index (χ0v) is 29.7. The molecule has 4 atom stereocenters. The molecular weight excluding hydrogens is 636 g/mol. The molecule has 3 aromatic rings. The van der Waals surface area contributed by atoms with Crippen molar-refractivity contribution in [3.8, 4) is 0 Å². The molecule has 0 spiro atoms. The van der Waals surface area contributed by atoms with E-state index in [2.05, 4.69) is 10.6 Å². The van der Waals surface area contributed by atoms with E-state index < -0.39 is 47.1 Å². The predicted molar refractivity (Wildman–Crippen MR) is 190 cm³/mol. The lowest BCUT2D eigenvalue weighted by Crippen LogP contribution is -2.58. The molecule has 2 N–H and O–H groups in total. The van der Waals surface area contributed by atoms with Gasteiger partial charge in [-0.15, -0.1) is 0 Å². The molecule has 0 saturated carbocycles. The molecule has 2 heterocycles. The van der Waals surface area contributed by atoms with Crippen molar-refractivity contribution in [2.24, 2.45) is 11.3 Å². The van der Waals surface area contributed by atoms with Crippen LogP contribution in [0.2, 0.25) is 0 Å². The number of carbonyl (C=O) groups is 5. The van der Waals surface area contributed by atoms with E-state index in [4.69, 9.17) is 9.47 Å². The van der Waals surface area contributed by atoms with Crippen molar-refractivity contribution in [1.82, 2.24) is 15.1 Å². The first kappa shape index (κ1) is 36.4. The number of hydrogen-bond acceptors (Lipinski definition) is 7. The van der Waals surface area contributed by atoms with Gasteiger partial charge in [0.1, 0.15) is 18.2 Å². The topological polar surface area (TPSA) is 134 Å². The number of benzene rings is 3. The molecule has 11 heteroatoms. The number of nitrogens with one attached hydrogen (secondary N) is 2. The summed E-state index contributed by atoms with van der Waals surface area (Å²) < 4.78 is 10.9. The van der Waals surface area contributed by atoms with Gasteiger partial charge in [-0.3, -0.25) is 19.2 Å². The molecule has 2 saturated heterocycles. The third-order valence-electron chi connectivity index (χ3n) is 9.17. The second-order valence-corrected chi connectivity index (χ2v) is 15.1. The fourth-order valence-electron chi connectivity index (χ4n) is 6.82. The molecular formula is C39H48N4O7. The summed E-state index contributed by atoms with van der Waals surface area (Å²) in [6.45, 7) is 11.3. The summed E-state index contributed by atoms with van der Waals surface area (Å²) in [6, 6.07) is 20.6. The number of amides is 4. The van der Waals surface area contributed by atoms with Crippen molar-refractivity contribution < 1.29 is 33.4 Å². The van der Waals surface area contributed by atoms with Gasteiger partial charge in [-0.2, -0.15) is 0 Å². The maximum atomic E-state index is 14.4. The van der Waals surface area contributed by atoms with Crippen LogP contribution < -0.4 is 10.6 Å². The number of rotatable bonds is 9. The first-order chi connectivity index (χ1) is 23.6. The molecule has 2 fully saturated rings. The van der Waals surface area contributed by atoms with Crippen molar-refractivity contribution in [3.63, 3.8) is 0 Å². The summed E-state index contributed by atoms with van der Waals surface area (Å²) in [5.74, 6) is -2.21. The van der Waals surface area contributed by atoms with Crippen LogP contribution >= 0.6 is 0 Å². The fraction of sp³-hybridized carbons (Fsp3) is 0.462. The van der Waals surface area contributed by atoms with Crippen molar-refractivity contribution in [2.45, 2.75) is 91.1 Å². The van der Waals surface area contributed by atoms with Crippen LogP contribution in [0.3, 0.4) is 0 Å². The number of likely N-dealkylation sites (tertiary alicyclic amines) is 2. The van der Waals surface area contributed by atoms with Gasteiger partial charge < -0.3 is 29.9 Å². The fourth-order valence-corrected chi connectivity index (χ4v) is 6.82. The first-order valence-corrected chi connectivity index (χ1v) is 17.2. The summed E-state index contributed by atoms with van der Waals surface area (Å²) in [7, 11) is 0. The summed E-state index contributed by atoms with van der Waals surface area (Å²) in [5.41, 5.74) is 0.0195. The highest BCUT2D eigenvalue weighted by atomic mass is 16.6. The molecule has 266 valence electrons. The highest BCUT2D eigenvalue weighted by Crippen LogP contribution is 2.39. The largest absolute Gasteiger partial charge is 0.461 e. The second kappa shape index (κ2) is 14.9. The van der Waals surface area contributed by atoms with Gasteiger partial charge >= 0.3 is 12.1 Å². The van der Waals surface area contributed by atoms with Crippen LogP contribution in [-0.4, -0.2) is 76.4 Å². The van der Waals surface area contributed by atoms with Gasteiger partial charge in [0.25, 0.3) is 0 Å². The van der Waals surface area contributed by atoms with Crippen molar-refractivity contribution in [2.75, 3.05) is 18.4 Å². The molecule has 0 unspecified atom stereocenters. The predicted octanol–water partition coefficient (Wildman–Crippen LogP) is 5.67. The van der Waals surface area contributed by atoms with E-state index in [1.54, 1.807) is 30.6 Å². The van der Waals surface area contributed by atoms with Crippen LogP contribution in [0, 0.1) is 11.3 Å². The van der Waals surface area contributed by atoms with E-state index in [0.29, 0.717) is 12.1 Å². The van der Waals surface area contributed by atoms with E-state index in [1.165, 1.54) is 0 Å². The van der Waals surface area contributed by atoms with Crippen molar-refractivity contribution >= 4 is 46.2 Å². The van der Waals surface area contributed by atoms with E-state index in [0.717, 1.165) is 16.3 Å². The summed E-state index contributed by atoms with van der Waals surface area (Å²) >= 11 is 0. The van der Waals surface area contributed by atoms with E-state index >= 15 is 0 Å². The van der Waals surface area contributed by atoms with Crippen molar-refractivity contribution in [3.05, 3.63) is 78.4 Å². The maximum Gasteiger partial charge on any atom is 0.408 e. The monoisotopic (exact) mass is 684 g/mol. The second-order valence-electron chi connectivity index (χ2n) is 15.1. The average molecular weight is 685 g/mol. The Morgan fingerprint density at radius 1 is 0.840 bits per heavy atom. The number of esters is 1. The normalized spacial score (nSPS) is 19.4. The zero-order valence-electron chi connectivity index (χ0n) is 29.7. The Labute approximate surface area is 293 Å². The van der Waals surface area contributed by atoms with Gasteiger partial charge in [0.2, 0.25) is 17.7 Å². The SMILES string of the molecule is CC(C)(C)OC(=O)N[C@H](C(=O)N1CC[C@@H]2[C@H]1[C@@H](C(=O)Nc1cccc3ccccc13)CN2C(=O)CCC(=O)OCc1ccccc1)C(C)(C)C. The Kier molecular flexibility index (Phi) is 10.8. The Morgan fingerprint density at radius 3 is 2.22 bits per heavy atom. The highest BCUT2D eigenvalue weighted by molar-refractivity contribution is 6.03. The summed E-state index contributed by atoms with van der Waals surface area (Å²) in [6.07, 6.45) is -0.468. The molecule has 0 radical (unpaired) electrons. The number of nitrogens with zero attached hydrogens (tertiary/aromatic N) is 2. The lowest BCUT2D eigenvalue weighted by Gasteiger charge is -2.37. The minimum atomic E-state index is -0.956. The van der Waals surface area contributed by atoms with Crippen molar-refractivity contribution in [1.29, 1.82) is 0 Å². The molecule has 0 aromatic heterocycles. The van der Waals surface area contributed by atoms with Gasteiger partial charge in [-0.05, 0) is 49.6 Å². The Morgan fingerprint density at radius 2 is 1.52 bits per heavy atom. The molecule has 50 heavy (non-hydrogen) atoms. The highest BCUT2D eigenvalue weighted by Gasteiger charge is 2.55. The van der Waals surface area contributed by atoms with E-state index in [1.807, 2.05) is 93.6 Å². The Hall–Kier alpha value is -4.93. The van der Waals surface area contributed by atoms with Crippen LogP contribution in [-0.2, 0) is 35.3 Å². The molecule has 3 aromatic carbocycles. The number of carbonyl (C=O) groups excluding carboxylic acids is 5. The quantitative estimate of drug-likeness (QED) is 0.278. The standard InChI is InChI=1S/C39H48N4O7/c1-38(2,3)34(41-37(48)50-39(4,5)6)36(47)42-22-21-30-33(42)28(35(46)40-29-18-12-16-26-15-10-11-17-27(26)29)23-43(30)31(44)19-20-32(45)49-24-25-13-8-7-9-14-25/h7-18,28,30,33-34H,19-24H2,1-6H3,(H,40,46)(H,41,48)/t28-,30+,33+,34+/m0/s1. The number of alkyl carbamates (subject to hydrolysis) is 1. The van der Waals surface area contributed by atoms with Gasteiger partial charge in [0.15, 0.2) is 0 Å². The number of ether oxygens (including phenoxy) is 2. The molecule has 2 aliphatic rings. The third-order valence-corrected chi connectivity index (χ3v) is 9.17. The summed E-state index contributed by atoms with van der Waals surface area (Å²) in [4.78, 5) is 71.0.